The second-order valence-corrected chi connectivity index (χ2v) is 8.24. The van der Waals surface area contributed by atoms with Gasteiger partial charge in [-0.25, -0.2) is 12.4 Å². The van der Waals surface area contributed by atoms with Crippen molar-refractivity contribution in [3.8, 4) is 0 Å². The van der Waals surface area contributed by atoms with Gasteiger partial charge in [-0.3, -0.25) is 0 Å². The largest absolute Gasteiger partial charge is 0.355 e. The van der Waals surface area contributed by atoms with Crippen molar-refractivity contribution in [2.24, 2.45) is 0 Å². The summed E-state index contributed by atoms with van der Waals surface area (Å²) in [7, 11) is -3.72. The Kier molecular flexibility index (Phi) is 4.19. The molecule has 0 bridgehead atoms. The van der Waals surface area contributed by atoms with Gasteiger partial charge < -0.3 is 10.2 Å². The summed E-state index contributed by atoms with van der Waals surface area (Å²) in [6.07, 6.45) is 0. The highest BCUT2D eigenvalue weighted by atomic mass is 35.5. The third-order valence-corrected chi connectivity index (χ3v) is 6.43. The predicted molar refractivity (Wildman–Crippen MR) is 101 cm³/mol. The van der Waals surface area contributed by atoms with Crippen LogP contribution in [0.5, 0.6) is 0 Å². The maximum absolute atomic E-state index is 13.4. The summed E-state index contributed by atoms with van der Waals surface area (Å²) in [4.78, 5) is 2.35. The van der Waals surface area contributed by atoms with Crippen LogP contribution in [0.2, 0.25) is 5.02 Å². The van der Waals surface area contributed by atoms with Gasteiger partial charge in [-0.05, 0) is 36.4 Å². The van der Waals surface area contributed by atoms with Crippen molar-refractivity contribution in [3.05, 3.63) is 59.6 Å². The van der Waals surface area contributed by atoms with Gasteiger partial charge in [0.25, 0.3) is 10.0 Å². The average molecular weight is 376 g/mol. The van der Waals surface area contributed by atoms with Crippen molar-refractivity contribution in [2.45, 2.75) is 4.90 Å². The number of benzene rings is 2. The minimum Gasteiger partial charge on any atom is -0.355 e. The van der Waals surface area contributed by atoms with E-state index < -0.39 is 10.0 Å². The molecule has 25 heavy (non-hydrogen) atoms. The molecule has 2 aromatic carbocycles. The maximum Gasteiger partial charge on any atom is 0.269 e. The first-order chi connectivity index (χ1) is 12.1. The Labute approximate surface area is 151 Å². The van der Waals surface area contributed by atoms with Crippen molar-refractivity contribution in [1.29, 1.82) is 0 Å². The molecule has 0 aliphatic carbocycles. The van der Waals surface area contributed by atoms with Gasteiger partial charge >= 0.3 is 0 Å². The minimum atomic E-state index is -3.72. The lowest BCUT2D eigenvalue weighted by Crippen LogP contribution is -2.44. The Bertz CT molecular complexity index is 1010. The van der Waals surface area contributed by atoms with Crippen molar-refractivity contribution >= 4 is 38.3 Å². The van der Waals surface area contributed by atoms with Crippen LogP contribution in [0, 0.1) is 0 Å². The first-order valence-corrected chi connectivity index (χ1v) is 9.96. The summed E-state index contributed by atoms with van der Waals surface area (Å²) in [6.45, 7) is 3.21. The summed E-state index contributed by atoms with van der Waals surface area (Å²) >= 11 is 5.92. The summed E-state index contributed by atoms with van der Waals surface area (Å²) in [5.74, 6) is 0.706. The van der Waals surface area contributed by atoms with Gasteiger partial charge in [0.1, 0.15) is 5.82 Å². The van der Waals surface area contributed by atoms with Crippen molar-refractivity contribution < 1.29 is 8.42 Å². The SMILES string of the molecule is O=S(=O)(c1ccc(Cl)cc1)n1c(N2CCNCC2)cc2ccccc21. The van der Waals surface area contributed by atoms with Crippen LogP contribution < -0.4 is 10.2 Å². The molecule has 2 heterocycles. The average Bonchev–Trinajstić information content (AvgIpc) is 3.03. The fourth-order valence-electron chi connectivity index (χ4n) is 3.19. The molecule has 1 saturated heterocycles. The zero-order valence-electron chi connectivity index (χ0n) is 13.5. The topological polar surface area (TPSA) is 54.3 Å². The van der Waals surface area contributed by atoms with Crippen molar-refractivity contribution in [3.63, 3.8) is 0 Å². The monoisotopic (exact) mass is 375 g/mol. The summed E-state index contributed by atoms with van der Waals surface area (Å²) in [6, 6.07) is 15.8. The molecular formula is C18H18ClN3O2S. The molecule has 130 valence electrons. The molecule has 0 unspecified atom stereocenters. The molecule has 0 radical (unpaired) electrons. The Hall–Kier alpha value is -2.02. The van der Waals surface area contributed by atoms with Gasteiger partial charge in [-0.1, -0.05) is 29.8 Å². The van der Waals surface area contributed by atoms with E-state index in [1.807, 2.05) is 30.3 Å². The lowest BCUT2D eigenvalue weighted by molar-refractivity contribution is 0.573. The minimum absolute atomic E-state index is 0.231. The molecule has 0 saturated carbocycles. The van der Waals surface area contributed by atoms with Crippen LogP contribution in [-0.4, -0.2) is 38.6 Å². The van der Waals surface area contributed by atoms with E-state index in [1.54, 1.807) is 24.3 Å². The first-order valence-electron chi connectivity index (χ1n) is 8.15. The number of para-hydroxylation sites is 1. The lowest BCUT2D eigenvalue weighted by atomic mass is 10.2. The van der Waals surface area contributed by atoms with E-state index in [9.17, 15) is 8.42 Å². The van der Waals surface area contributed by atoms with E-state index >= 15 is 0 Å². The lowest BCUT2D eigenvalue weighted by Gasteiger charge is -2.30. The van der Waals surface area contributed by atoms with Crippen LogP contribution in [0.4, 0.5) is 5.82 Å². The standard InChI is InChI=1S/C18H18ClN3O2S/c19-15-5-7-16(8-6-15)25(23,24)22-17-4-2-1-3-14(17)13-18(22)21-11-9-20-10-12-21/h1-8,13,20H,9-12H2. The van der Waals surface area contributed by atoms with Gasteiger partial charge in [0.05, 0.1) is 10.4 Å². The molecule has 5 nitrogen and oxygen atoms in total. The normalized spacial score (nSPS) is 15.6. The van der Waals surface area contributed by atoms with Gasteiger partial charge in [0.15, 0.2) is 0 Å². The molecule has 0 atom stereocenters. The molecule has 3 aromatic rings. The zero-order valence-corrected chi connectivity index (χ0v) is 15.1. The summed E-state index contributed by atoms with van der Waals surface area (Å²) in [5.41, 5.74) is 0.686. The Balaban J connectivity index is 1.94. The van der Waals surface area contributed by atoms with E-state index in [-0.39, 0.29) is 4.90 Å². The number of fused-ring (bicyclic) bond motifs is 1. The van der Waals surface area contributed by atoms with E-state index in [2.05, 4.69) is 10.2 Å². The quantitative estimate of drug-likeness (QED) is 0.764. The van der Waals surface area contributed by atoms with Crippen LogP contribution in [0.25, 0.3) is 10.9 Å². The molecule has 7 heteroatoms. The number of aromatic nitrogens is 1. The number of hydrogen-bond acceptors (Lipinski definition) is 4. The van der Waals surface area contributed by atoms with E-state index in [0.717, 1.165) is 31.6 Å². The second-order valence-electron chi connectivity index (χ2n) is 6.02. The Morgan fingerprint density at radius 3 is 2.36 bits per heavy atom. The van der Waals surface area contributed by atoms with Gasteiger partial charge in [0, 0.05) is 36.6 Å². The van der Waals surface area contributed by atoms with Crippen molar-refractivity contribution in [2.75, 3.05) is 31.1 Å². The van der Waals surface area contributed by atoms with Gasteiger partial charge in [0.2, 0.25) is 0 Å². The smallest absolute Gasteiger partial charge is 0.269 e. The highest BCUT2D eigenvalue weighted by molar-refractivity contribution is 7.90. The third-order valence-electron chi connectivity index (χ3n) is 4.44. The summed E-state index contributed by atoms with van der Waals surface area (Å²) in [5, 5.41) is 4.72. The molecule has 0 spiro atoms. The number of anilines is 1. The number of rotatable bonds is 3. The Morgan fingerprint density at radius 2 is 1.64 bits per heavy atom. The van der Waals surface area contributed by atoms with E-state index in [0.29, 0.717) is 16.4 Å². The molecule has 1 aliphatic heterocycles. The number of nitrogens with zero attached hydrogens (tertiary/aromatic N) is 2. The Morgan fingerprint density at radius 1 is 0.960 bits per heavy atom. The highest BCUT2D eigenvalue weighted by Crippen LogP contribution is 2.31. The molecule has 1 fully saturated rings. The first kappa shape index (κ1) is 16.4. The fraction of sp³-hybridized carbons (Fsp3) is 0.222. The maximum atomic E-state index is 13.4. The molecular weight excluding hydrogens is 358 g/mol. The van der Waals surface area contributed by atoms with Crippen molar-refractivity contribution in [1.82, 2.24) is 9.29 Å². The van der Waals surface area contributed by atoms with Crippen LogP contribution in [-0.2, 0) is 10.0 Å². The van der Waals surface area contributed by atoms with Crippen LogP contribution >= 0.6 is 11.6 Å². The molecule has 1 aliphatic rings. The third kappa shape index (κ3) is 2.90. The zero-order chi connectivity index (χ0) is 17.4. The van der Waals surface area contributed by atoms with Crippen LogP contribution in [0.1, 0.15) is 0 Å². The number of halogens is 1. The highest BCUT2D eigenvalue weighted by Gasteiger charge is 2.26. The molecule has 1 aromatic heterocycles. The van der Waals surface area contributed by atoms with Gasteiger partial charge in [-0.15, -0.1) is 0 Å². The number of hydrogen-bond donors (Lipinski definition) is 1. The van der Waals surface area contributed by atoms with Crippen LogP contribution in [0.3, 0.4) is 0 Å². The van der Waals surface area contributed by atoms with E-state index in [1.165, 1.54) is 3.97 Å². The predicted octanol–water partition coefficient (Wildman–Crippen LogP) is 2.94. The number of nitrogens with one attached hydrogen (secondary N) is 1. The molecule has 1 N–H and O–H groups in total. The second kappa shape index (κ2) is 6.37. The molecule has 4 rings (SSSR count). The van der Waals surface area contributed by atoms with Crippen LogP contribution in [0.15, 0.2) is 59.5 Å². The number of piperazine rings is 1. The van der Waals surface area contributed by atoms with E-state index in [4.69, 9.17) is 11.6 Å². The fourth-order valence-corrected chi connectivity index (χ4v) is 4.85. The van der Waals surface area contributed by atoms with Gasteiger partial charge in [-0.2, -0.15) is 0 Å². The summed E-state index contributed by atoms with van der Waals surface area (Å²) < 4.78 is 28.2. The molecule has 0 amide bonds.